The fourth-order valence-corrected chi connectivity index (χ4v) is 0. The Labute approximate surface area is 138 Å². The van der Waals surface area contributed by atoms with Gasteiger partial charge in [0.25, 0.3) is 0 Å². The van der Waals surface area contributed by atoms with E-state index in [4.69, 9.17) is 29.5 Å². The van der Waals surface area contributed by atoms with Gasteiger partial charge >= 0.3 is 75.5 Å². The van der Waals surface area contributed by atoms with Crippen LogP contribution in [0.3, 0.4) is 0 Å². The summed E-state index contributed by atoms with van der Waals surface area (Å²) in [6.45, 7) is 3.14. The number of phosphoric acid groups is 1. The molecule has 0 unspecified atom stereocenters. The predicted octanol–water partition coefficient (Wildman–Crippen LogP) is -4.22. The molecule has 0 saturated carbocycles. The summed E-state index contributed by atoms with van der Waals surface area (Å²) in [5.41, 5.74) is 0. The minimum absolute atomic E-state index is 0. The van der Waals surface area contributed by atoms with Crippen molar-refractivity contribution >= 4 is 83.3 Å². The van der Waals surface area contributed by atoms with E-state index in [1.54, 1.807) is 13.8 Å². The van der Waals surface area contributed by atoms with Crippen LogP contribution >= 0.6 is 7.82 Å². The molecule has 6 nitrogen and oxygen atoms in total. The van der Waals surface area contributed by atoms with Gasteiger partial charge in [-0.3, -0.25) is 0 Å². The van der Waals surface area contributed by atoms with Crippen molar-refractivity contribution in [3.05, 3.63) is 0 Å². The topological polar surface area (TPSA) is 130 Å². The summed E-state index contributed by atoms with van der Waals surface area (Å²) >= 11 is 0. The first-order chi connectivity index (χ1) is 4.83. The molecule has 0 radical (unpaired) electrons. The third-order valence-electron chi connectivity index (χ3n) is 0. The molecule has 0 amide bonds. The van der Waals surface area contributed by atoms with E-state index < -0.39 is 7.82 Å². The largest absolute Gasteiger partial charge is 2.00 e. The fourth-order valence-electron chi connectivity index (χ4n) is 0. The minimum Gasteiger partial charge on any atom is -0.855 e. The van der Waals surface area contributed by atoms with Gasteiger partial charge in [-0.1, -0.05) is 13.8 Å². The van der Waals surface area contributed by atoms with E-state index in [2.05, 4.69) is 0 Å². The predicted molar refractivity (Wildman–Crippen MR) is 42.4 cm³/mol. The van der Waals surface area contributed by atoms with Crippen LogP contribution in [0.4, 0.5) is 0 Å². The number of rotatable bonds is 0. The maximum absolute atomic E-state index is 8.93. The van der Waals surface area contributed by atoms with E-state index in [-0.39, 0.29) is 88.7 Å². The molecule has 72 valence electrons. The molecule has 0 aliphatic rings. The Morgan fingerprint density at radius 3 is 1.08 bits per heavy atom. The standard InChI is InChI=1S/2C2H5O.2Ca.H3O4P/c2*1-2-3;;;1-5(2,3)4/h2*2H2,1H3;;;(H3,1,2,3,4)/q2*-1;2*+2;/p-2. The summed E-state index contributed by atoms with van der Waals surface area (Å²) in [5, 5.41) is 17.9. The minimum atomic E-state index is -5.14. The number of hydrogen-bond acceptors (Lipinski definition) is 5. The van der Waals surface area contributed by atoms with E-state index in [9.17, 15) is 0 Å². The van der Waals surface area contributed by atoms with Crippen molar-refractivity contribution in [1.29, 1.82) is 0 Å². The van der Waals surface area contributed by atoms with E-state index in [1.807, 2.05) is 0 Å². The zero-order valence-electron chi connectivity index (χ0n) is 7.76. The molecule has 0 atom stereocenters. The van der Waals surface area contributed by atoms with Gasteiger partial charge in [0.05, 0.1) is 7.82 Å². The maximum Gasteiger partial charge on any atom is 2.00 e. The van der Waals surface area contributed by atoms with Crippen LogP contribution in [0.25, 0.3) is 0 Å². The summed E-state index contributed by atoms with van der Waals surface area (Å²) in [5.74, 6) is 0. The molecule has 0 aliphatic heterocycles. The van der Waals surface area contributed by atoms with Crippen LogP contribution in [0.5, 0.6) is 0 Å². The average Bonchev–Trinajstić information content (AvgIpc) is 1.62. The van der Waals surface area contributed by atoms with Gasteiger partial charge in [0.2, 0.25) is 0 Å². The molecule has 0 bridgehead atoms. The van der Waals surface area contributed by atoms with Gasteiger partial charge in [0, 0.05) is 0 Å². The Morgan fingerprint density at radius 2 is 1.08 bits per heavy atom. The molecular formula is C4H11Ca2O6P. The monoisotopic (exact) mass is 266 g/mol. The fraction of sp³-hybridized carbons (Fsp3) is 1.00. The Morgan fingerprint density at radius 1 is 1.08 bits per heavy atom. The normalized spacial score (nSPS) is 7.31. The summed E-state index contributed by atoms with van der Waals surface area (Å²) < 4.78 is 8.66. The molecule has 0 aliphatic carbocycles. The quantitative estimate of drug-likeness (QED) is 0.349. The third-order valence-corrected chi connectivity index (χ3v) is 0. The van der Waals surface area contributed by atoms with Crippen LogP contribution in [0, 0.1) is 0 Å². The molecule has 13 heavy (non-hydrogen) atoms. The molecule has 0 aromatic heterocycles. The molecule has 9 heteroatoms. The molecule has 0 rings (SSSR count). The zero-order valence-corrected chi connectivity index (χ0v) is 13.1. The molecule has 0 aromatic rings. The van der Waals surface area contributed by atoms with E-state index in [0.29, 0.717) is 0 Å². The molecule has 0 saturated heterocycles. The van der Waals surface area contributed by atoms with Crippen molar-refractivity contribution in [3.8, 4) is 0 Å². The van der Waals surface area contributed by atoms with Crippen molar-refractivity contribution in [2.75, 3.05) is 13.2 Å². The van der Waals surface area contributed by atoms with Crippen LogP contribution in [0.1, 0.15) is 13.8 Å². The van der Waals surface area contributed by atoms with Gasteiger partial charge in [-0.25, -0.2) is 0 Å². The van der Waals surface area contributed by atoms with Crippen molar-refractivity contribution in [3.63, 3.8) is 0 Å². The van der Waals surface area contributed by atoms with Crippen molar-refractivity contribution in [2.24, 2.45) is 0 Å². The second-order valence-corrected chi connectivity index (χ2v) is 1.98. The van der Waals surface area contributed by atoms with E-state index in [1.165, 1.54) is 0 Å². The second kappa shape index (κ2) is 24.0. The van der Waals surface area contributed by atoms with Crippen LogP contribution in [0.15, 0.2) is 0 Å². The van der Waals surface area contributed by atoms with Gasteiger partial charge < -0.3 is 29.5 Å². The van der Waals surface area contributed by atoms with Crippen LogP contribution in [-0.2, 0) is 4.57 Å². The maximum atomic E-state index is 8.93. The van der Waals surface area contributed by atoms with Crippen LogP contribution in [0.2, 0.25) is 0 Å². The Bertz CT molecular complexity index is 86.4. The van der Waals surface area contributed by atoms with Crippen molar-refractivity contribution in [2.45, 2.75) is 13.8 Å². The van der Waals surface area contributed by atoms with E-state index >= 15 is 0 Å². The molecule has 0 fully saturated rings. The smallest absolute Gasteiger partial charge is 0.855 e. The molecule has 0 heterocycles. The third kappa shape index (κ3) is 353. The molecule has 1 N–H and O–H groups in total. The Kier molecular flexibility index (Phi) is 54.6. The Balaban J connectivity index is -0.0000000240. The zero-order chi connectivity index (χ0) is 9.91. The summed E-state index contributed by atoms with van der Waals surface area (Å²) in [4.78, 5) is 24.3. The SMILES string of the molecule is CC[O-].CC[O-].O=P([O-])([O-])O.[Ca+2].[Ca+2]. The van der Waals surface area contributed by atoms with Gasteiger partial charge in [-0.2, -0.15) is 0 Å². The first-order valence-corrected chi connectivity index (χ1v) is 4.23. The number of hydrogen-bond donors (Lipinski definition) is 1. The van der Waals surface area contributed by atoms with Crippen molar-refractivity contribution < 1.29 is 29.5 Å². The Hall–Kier alpha value is 2.55. The van der Waals surface area contributed by atoms with Gasteiger partial charge in [-0.15, -0.1) is 13.2 Å². The van der Waals surface area contributed by atoms with E-state index in [0.717, 1.165) is 0 Å². The average molecular weight is 266 g/mol. The first-order valence-electron chi connectivity index (χ1n) is 2.74. The van der Waals surface area contributed by atoms with Gasteiger partial charge in [0.1, 0.15) is 0 Å². The molecule has 0 spiro atoms. The van der Waals surface area contributed by atoms with Crippen LogP contribution in [-0.4, -0.2) is 93.6 Å². The van der Waals surface area contributed by atoms with Gasteiger partial charge in [0.15, 0.2) is 0 Å². The molecule has 0 aromatic carbocycles. The second-order valence-electron chi connectivity index (χ2n) is 1.05. The summed E-state index contributed by atoms with van der Waals surface area (Å²) in [7, 11) is -5.14. The summed E-state index contributed by atoms with van der Waals surface area (Å²) in [6.07, 6.45) is 0. The van der Waals surface area contributed by atoms with Crippen molar-refractivity contribution in [1.82, 2.24) is 0 Å². The first kappa shape index (κ1) is 29.6. The summed E-state index contributed by atoms with van der Waals surface area (Å²) in [6, 6.07) is 0. The van der Waals surface area contributed by atoms with Crippen LogP contribution < -0.4 is 20.0 Å². The molecular weight excluding hydrogens is 255 g/mol. The van der Waals surface area contributed by atoms with Gasteiger partial charge in [-0.05, 0) is 0 Å².